The van der Waals surface area contributed by atoms with Crippen molar-refractivity contribution in [3.63, 3.8) is 0 Å². The monoisotopic (exact) mass is 237 g/mol. The first-order valence-corrected chi connectivity index (χ1v) is 5.97. The predicted octanol–water partition coefficient (Wildman–Crippen LogP) is 0.834. The van der Waals surface area contributed by atoms with Crippen LogP contribution in [0, 0.1) is 5.41 Å². The zero-order valence-electron chi connectivity index (χ0n) is 10.5. The second kappa shape index (κ2) is 4.14. The van der Waals surface area contributed by atoms with E-state index < -0.39 is 0 Å². The second-order valence-corrected chi connectivity index (χ2v) is 5.14. The minimum absolute atomic E-state index is 0.102. The summed E-state index contributed by atoms with van der Waals surface area (Å²) in [7, 11) is 0. The fraction of sp³-hybridized carbons (Fsp3) is 0.667. The normalized spacial score (nSPS) is 26.4. The summed E-state index contributed by atoms with van der Waals surface area (Å²) in [5.74, 6) is 0.374. The van der Waals surface area contributed by atoms with Crippen LogP contribution in [-0.4, -0.2) is 26.8 Å². The molecule has 5 heteroatoms. The van der Waals surface area contributed by atoms with Crippen molar-refractivity contribution >= 4 is 5.82 Å². The number of anilines is 1. The van der Waals surface area contributed by atoms with Crippen LogP contribution < -0.4 is 10.9 Å². The average Bonchev–Trinajstić information content (AvgIpc) is 2.31. The number of aryl methyl sites for hydroxylation is 1. The van der Waals surface area contributed by atoms with Crippen molar-refractivity contribution < 1.29 is 5.11 Å². The maximum atomic E-state index is 11.9. The van der Waals surface area contributed by atoms with Crippen molar-refractivity contribution in [2.45, 2.75) is 45.9 Å². The summed E-state index contributed by atoms with van der Waals surface area (Å²) in [6.07, 6.45) is 3.65. The molecule has 2 rings (SSSR count). The first-order valence-electron chi connectivity index (χ1n) is 5.97. The van der Waals surface area contributed by atoms with E-state index in [9.17, 15) is 9.90 Å². The highest BCUT2D eigenvalue weighted by Gasteiger charge is 2.47. The van der Waals surface area contributed by atoms with E-state index in [0.29, 0.717) is 18.8 Å². The maximum Gasteiger partial charge on any atom is 0.293 e. The van der Waals surface area contributed by atoms with E-state index in [2.05, 4.69) is 10.3 Å². The lowest BCUT2D eigenvalue weighted by Crippen LogP contribution is -2.57. The number of rotatable bonds is 3. The van der Waals surface area contributed by atoms with Crippen LogP contribution in [-0.2, 0) is 6.54 Å². The lowest BCUT2D eigenvalue weighted by molar-refractivity contribution is -0.0512. The number of aliphatic hydroxyl groups is 1. The van der Waals surface area contributed by atoms with Crippen LogP contribution >= 0.6 is 0 Å². The third kappa shape index (κ3) is 1.95. The molecule has 0 aliphatic heterocycles. The standard InChI is InChI=1S/C12H19N3O2/c1-4-15-6-5-13-10(11(15)17)14-8-7-9(16)12(8,2)3/h5-6,8-9,16H,4,7H2,1-3H3,(H,13,14). The number of hydrogen-bond donors (Lipinski definition) is 2. The molecule has 1 saturated carbocycles. The van der Waals surface area contributed by atoms with Crippen LogP contribution in [0.4, 0.5) is 5.82 Å². The minimum atomic E-state index is -0.308. The molecule has 1 heterocycles. The van der Waals surface area contributed by atoms with Crippen molar-refractivity contribution in [3.05, 3.63) is 22.7 Å². The van der Waals surface area contributed by atoms with Crippen LogP contribution in [0.5, 0.6) is 0 Å². The third-order valence-corrected chi connectivity index (χ3v) is 3.78. The molecule has 1 aliphatic rings. The Morgan fingerprint density at radius 1 is 1.65 bits per heavy atom. The second-order valence-electron chi connectivity index (χ2n) is 5.14. The molecule has 2 N–H and O–H groups in total. The van der Waals surface area contributed by atoms with Gasteiger partial charge >= 0.3 is 0 Å². The zero-order valence-corrected chi connectivity index (χ0v) is 10.5. The summed E-state index contributed by atoms with van der Waals surface area (Å²) in [6.45, 7) is 6.52. The van der Waals surface area contributed by atoms with Crippen LogP contribution in [0.2, 0.25) is 0 Å². The van der Waals surface area contributed by atoms with Gasteiger partial charge in [-0.1, -0.05) is 13.8 Å². The van der Waals surface area contributed by atoms with E-state index in [0.717, 1.165) is 0 Å². The Labute approximate surface area is 100 Å². The summed E-state index contributed by atoms with van der Waals surface area (Å²) >= 11 is 0. The van der Waals surface area contributed by atoms with Gasteiger partial charge in [0.1, 0.15) is 0 Å². The average molecular weight is 237 g/mol. The summed E-state index contributed by atoms with van der Waals surface area (Å²) in [5, 5.41) is 12.8. The van der Waals surface area contributed by atoms with E-state index in [-0.39, 0.29) is 23.1 Å². The lowest BCUT2D eigenvalue weighted by atomic mass is 9.64. The Morgan fingerprint density at radius 3 is 2.88 bits per heavy atom. The Hall–Kier alpha value is -1.36. The molecule has 2 atom stereocenters. The van der Waals surface area contributed by atoms with Gasteiger partial charge in [0.15, 0.2) is 5.82 Å². The fourth-order valence-electron chi connectivity index (χ4n) is 2.11. The number of aromatic nitrogens is 2. The molecule has 0 radical (unpaired) electrons. The molecule has 2 unspecified atom stereocenters. The van der Waals surface area contributed by atoms with E-state index in [4.69, 9.17) is 0 Å². The summed E-state index contributed by atoms with van der Waals surface area (Å²) in [5.41, 5.74) is -0.312. The van der Waals surface area contributed by atoms with Gasteiger partial charge in [-0.2, -0.15) is 0 Å². The number of nitrogens with zero attached hydrogens (tertiary/aromatic N) is 2. The Balaban J connectivity index is 2.18. The number of aliphatic hydroxyl groups excluding tert-OH is 1. The van der Waals surface area contributed by atoms with E-state index in [1.165, 1.54) is 0 Å². The Bertz CT molecular complexity index is 467. The maximum absolute atomic E-state index is 11.9. The van der Waals surface area contributed by atoms with Gasteiger partial charge in [0, 0.05) is 30.4 Å². The van der Waals surface area contributed by atoms with Gasteiger partial charge in [0.05, 0.1) is 6.10 Å². The highest BCUT2D eigenvalue weighted by atomic mass is 16.3. The van der Waals surface area contributed by atoms with E-state index in [1.807, 2.05) is 20.8 Å². The smallest absolute Gasteiger partial charge is 0.293 e. The fourth-order valence-corrected chi connectivity index (χ4v) is 2.11. The van der Waals surface area contributed by atoms with Gasteiger partial charge in [-0.15, -0.1) is 0 Å². The number of nitrogens with one attached hydrogen (secondary N) is 1. The van der Waals surface area contributed by atoms with E-state index >= 15 is 0 Å². The van der Waals surface area contributed by atoms with Gasteiger partial charge in [0.2, 0.25) is 0 Å². The van der Waals surface area contributed by atoms with Crippen molar-refractivity contribution in [2.75, 3.05) is 5.32 Å². The van der Waals surface area contributed by atoms with Crippen molar-refractivity contribution in [2.24, 2.45) is 5.41 Å². The van der Waals surface area contributed by atoms with Gasteiger partial charge < -0.3 is 15.0 Å². The summed E-state index contributed by atoms with van der Waals surface area (Å²) < 4.78 is 1.61. The Morgan fingerprint density at radius 2 is 2.35 bits per heavy atom. The molecule has 5 nitrogen and oxygen atoms in total. The van der Waals surface area contributed by atoms with Crippen LogP contribution in [0.15, 0.2) is 17.2 Å². The van der Waals surface area contributed by atoms with E-state index in [1.54, 1.807) is 17.0 Å². The van der Waals surface area contributed by atoms with Crippen molar-refractivity contribution in [3.8, 4) is 0 Å². The molecule has 0 saturated heterocycles. The van der Waals surface area contributed by atoms with Gasteiger partial charge in [-0.05, 0) is 13.3 Å². The highest BCUT2D eigenvalue weighted by Crippen LogP contribution is 2.41. The molecule has 1 aromatic heterocycles. The molecule has 17 heavy (non-hydrogen) atoms. The minimum Gasteiger partial charge on any atom is -0.392 e. The number of hydrogen-bond acceptors (Lipinski definition) is 4. The van der Waals surface area contributed by atoms with Gasteiger partial charge in [-0.3, -0.25) is 4.79 Å². The predicted molar refractivity (Wildman–Crippen MR) is 66.0 cm³/mol. The summed E-state index contributed by atoms with van der Waals surface area (Å²) in [4.78, 5) is 16.0. The molecule has 94 valence electrons. The van der Waals surface area contributed by atoms with Crippen LogP contribution in [0.25, 0.3) is 0 Å². The third-order valence-electron chi connectivity index (χ3n) is 3.78. The highest BCUT2D eigenvalue weighted by molar-refractivity contribution is 5.35. The molecule has 1 aromatic rings. The van der Waals surface area contributed by atoms with Crippen molar-refractivity contribution in [1.82, 2.24) is 9.55 Å². The lowest BCUT2D eigenvalue weighted by Gasteiger charge is -2.49. The Kier molecular flexibility index (Phi) is 2.95. The molecular weight excluding hydrogens is 218 g/mol. The zero-order chi connectivity index (χ0) is 12.6. The van der Waals surface area contributed by atoms with Crippen LogP contribution in [0.3, 0.4) is 0 Å². The SMILES string of the molecule is CCn1ccnc(NC2CC(O)C2(C)C)c1=O. The molecule has 0 aromatic carbocycles. The molecular formula is C12H19N3O2. The van der Waals surface area contributed by atoms with Crippen LogP contribution in [0.1, 0.15) is 27.2 Å². The molecule has 0 amide bonds. The molecule has 0 bridgehead atoms. The summed E-state index contributed by atoms with van der Waals surface area (Å²) in [6, 6.07) is 0.102. The molecule has 1 fully saturated rings. The van der Waals surface area contributed by atoms with Crippen molar-refractivity contribution in [1.29, 1.82) is 0 Å². The first-order chi connectivity index (χ1) is 7.96. The van der Waals surface area contributed by atoms with Gasteiger partial charge in [0.25, 0.3) is 5.56 Å². The van der Waals surface area contributed by atoms with Gasteiger partial charge in [-0.25, -0.2) is 4.98 Å². The molecule has 1 aliphatic carbocycles. The first kappa shape index (κ1) is 12.1. The molecule has 0 spiro atoms. The topological polar surface area (TPSA) is 67.2 Å². The quantitative estimate of drug-likeness (QED) is 0.817. The largest absolute Gasteiger partial charge is 0.392 e.